The first-order chi connectivity index (χ1) is 6.38. The Morgan fingerprint density at radius 3 is 2.31 bits per heavy atom. The molecule has 1 fully saturated rings. The van der Waals surface area contributed by atoms with Gasteiger partial charge in [-0.15, -0.1) is 0 Å². The molecule has 0 bridgehead atoms. The van der Waals surface area contributed by atoms with Crippen molar-refractivity contribution in [2.24, 2.45) is 11.7 Å². The highest BCUT2D eigenvalue weighted by molar-refractivity contribution is 4.74. The van der Waals surface area contributed by atoms with Crippen molar-refractivity contribution in [3.05, 3.63) is 0 Å². The van der Waals surface area contributed by atoms with Gasteiger partial charge < -0.3 is 10.5 Å². The van der Waals surface area contributed by atoms with Gasteiger partial charge in [0.2, 0.25) is 0 Å². The van der Waals surface area contributed by atoms with Gasteiger partial charge in [-0.1, -0.05) is 25.7 Å². The summed E-state index contributed by atoms with van der Waals surface area (Å²) in [4.78, 5) is 0. The number of nitrogens with two attached hydrogens (primary N) is 1. The van der Waals surface area contributed by atoms with Crippen LogP contribution in [0.25, 0.3) is 0 Å². The number of ether oxygens (including phenoxy) is 1. The highest BCUT2D eigenvalue weighted by atomic mass is 16.5. The van der Waals surface area contributed by atoms with Crippen molar-refractivity contribution < 1.29 is 4.74 Å². The summed E-state index contributed by atoms with van der Waals surface area (Å²) in [6.45, 7) is 3.55. The lowest BCUT2D eigenvalue weighted by Crippen LogP contribution is -2.31. The summed E-state index contributed by atoms with van der Waals surface area (Å²) in [5.41, 5.74) is 5.72. The van der Waals surface area contributed by atoms with Crippen LogP contribution in [0.3, 0.4) is 0 Å². The summed E-state index contributed by atoms with van der Waals surface area (Å²) in [6, 6.07) is 0. The summed E-state index contributed by atoms with van der Waals surface area (Å²) in [7, 11) is 0. The van der Waals surface area contributed by atoms with Gasteiger partial charge in [0.1, 0.15) is 0 Å². The molecule has 0 radical (unpaired) electrons. The van der Waals surface area contributed by atoms with Crippen LogP contribution in [0.2, 0.25) is 0 Å². The van der Waals surface area contributed by atoms with Crippen molar-refractivity contribution in [2.45, 2.75) is 51.6 Å². The Bertz CT molecular complexity index is 119. The van der Waals surface area contributed by atoms with Crippen LogP contribution in [0.15, 0.2) is 0 Å². The molecule has 0 heterocycles. The molecule has 0 saturated heterocycles. The molecule has 2 heteroatoms. The molecule has 1 rings (SSSR count). The molecule has 2 N–H and O–H groups in total. The number of hydrogen-bond donors (Lipinski definition) is 1. The molecule has 13 heavy (non-hydrogen) atoms. The van der Waals surface area contributed by atoms with E-state index in [0.717, 1.165) is 12.5 Å². The minimum atomic E-state index is 0.322. The molecule has 0 amide bonds. The van der Waals surface area contributed by atoms with Crippen molar-refractivity contribution in [1.29, 1.82) is 0 Å². The zero-order valence-corrected chi connectivity index (χ0v) is 8.80. The lowest BCUT2D eigenvalue weighted by molar-refractivity contribution is 0.0210. The van der Waals surface area contributed by atoms with Crippen molar-refractivity contribution in [3.8, 4) is 0 Å². The SMILES string of the molecule is CCOC(CN)C1CCCCCC1. The van der Waals surface area contributed by atoms with Gasteiger partial charge in [-0.05, 0) is 25.7 Å². The van der Waals surface area contributed by atoms with E-state index >= 15 is 0 Å². The molecule has 0 spiro atoms. The van der Waals surface area contributed by atoms with E-state index in [-0.39, 0.29) is 0 Å². The minimum Gasteiger partial charge on any atom is -0.377 e. The Morgan fingerprint density at radius 1 is 1.23 bits per heavy atom. The van der Waals surface area contributed by atoms with E-state index in [9.17, 15) is 0 Å². The van der Waals surface area contributed by atoms with Gasteiger partial charge in [0.05, 0.1) is 6.10 Å². The lowest BCUT2D eigenvalue weighted by Gasteiger charge is -2.24. The maximum Gasteiger partial charge on any atom is 0.0725 e. The predicted molar refractivity (Wildman–Crippen MR) is 55.7 cm³/mol. The third-order valence-corrected chi connectivity index (χ3v) is 3.04. The monoisotopic (exact) mass is 185 g/mol. The molecule has 1 aliphatic rings. The predicted octanol–water partition coefficient (Wildman–Crippen LogP) is 2.32. The maximum atomic E-state index is 5.72. The van der Waals surface area contributed by atoms with Crippen LogP contribution in [-0.2, 0) is 4.74 Å². The van der Waals surface area contributed by atoms with Gasteiger partial charge in [-0.25, -0.2) is 0 Å². The summed E-state index contributed by atoms with van der Waals surface area (Å²) < 4.78 is 5.66. The fourth-order valence-electron chi connectivity index (χ4n) is 2.29. The summed E-state index contributed by atoms with van der Waals surface area (Å²) in [5.74, 6) is 0.729. The van der Waals surface area contributed by atoms with Gasteiger partial charge in [-0.2, -0.15) is 0 Å². The number of hydrogen-bond acceptors (Lipinski definition) is 2. The van der Waals surface area contributed by atoms with Gasteiger partial charge in [0, 0.05) is 13.2 Å². The van der Waals surface area contributed by atoms with Crippen molar-refractivity contribution in [2.75, 3.05) is 13.2 Å². The second kappa shape index (κ2) is 6.39. The third-order valence-electron chi connectivity index (χ3n) is 3.04. The smallest absolute Gasteiger partial charge is 0.0725 e. The molecule has 2 nitrogen and oxygen atoms in total. The van der Waals surface area contributed by atoms with Gasteiger partial charge in [0.25, 0.3) is 0 Å². The molecule has 78 valence electrons. The normalized spacial score (nSPS) is 22.6. The zero-order valence-electron chi connectivity index (χ0n) is 8.80. The number of rotatable bonds is 4. The second-order valence-electron chi connectivity index (χ2n) is 3.98. The Hall–Kier alpha value is -0.0800. The topological polar surface area (TPSA) is 35.2 Å². The van der Waals surface area contributed by atoms with Crippen LogP contribution in [0.5, 0.6) is 0 Å². The molecule has 0 aromatic heterocycles. The summed E-state index contributed by atoms with van der Waals surface area (Å²) in [6.07, 6.45) is 8.51. The van der Waals surface area contributed by atoms with Gasteiger partial charge >= 0.3 is 0 Å². The second-order valence-corrected chi connectivity index (χ2v) is 3.98. The van der Waals surface area contributed by atoms with Crippen LogP contribution < -0.4 is 5.73 Å². The van der Waals surface area contributed by atoms with E-state index in [4.69, 9.17) is 10.5 Å². The van der Waals surface area contributed by atoms with E-state index in [2.05, 4.69) is 6.92 Å². The van der Waals surface area contributed by atoms with E-state index in [1.165, 1.54) is 38.5 Å². The van der Waals surface area contributed by atoms with E-state index < -0.39 is 0 Å². The Labute approximate surface area is 81.8 Å². The average molecular weight is 185 g/mol. The third kappa shape index (κ3) is 3.65. The lowest BCUT2D eigenvalue weighted by atomic mass is 9.94. The highest BCUT2D eigenvalue weighted by Gasteiger charge is 2.21. The van der Waals surface area contributed by atoms with Crippen LogP contribution >= 0.6 is 0 Å². The Balaban J connectivity index is 2.35. The van der Waals surface area contributed by atoms with E-state index in [0.29, 0.717) is 12.6 Å². The van der Waals surface area contributed by atoms with Crippen LogP contribution in [-0.4, -0.2) is 19.3 Å². The first-order valence-electron chi connectivity index (χ1n) is 5.70. The highest BCUT2D eigenvalue weighted by Crippen LogP contribution is 2.26. The molecule has 0 aromatic rings. The molecule has 1 atom stereocenters. The van der Waals surface area contributed by atoms with Gasteiger partial charge in [-0.3, -0.25) is 0 Å². The zero-order chi connectivity index (χ0) is 9.52. The van der Waals surface area contributed by atoms with Crippen molar-refractivity contribution in [3.63, 3.8) is 0 Å². The minimum absolute atomic E-state index is 0.322. The van der Waals surface area contributed by atoms with Crippen molar-refractivity contribution >= 4 is 0 Å². The fourth-order valence-corrected chi connectivity index (χ4v) is 2.29. The molecular formula is C11H23NO. The van der Waals surface area contributed by atoms with E-state index in [1.807, 2.05) is 0 Å². The molecular weight excluding hydrogens is 162 g/mol. The summed E-state index contributed by atoms with van der Waals surface area (Å²) >= 11 is 0. The quantitative estimate of drug-likeness (QED) is 0.682. The van der Waals surface area contributed by atoms with Crippen LogP contribution in [0.4, 0.5) is 0 Å². The molecule has 0 aliphatic heterocycles. The van der Waals surface area contributed by atoms with E-state index in [1.54, 1.807) is 0 Å². The van der Waals surface area contributed by atoms with Crippen LogP contribution in [0, 0.1) is 5.92 Å². The average Bonchev–Trinajstić information content (AvgIpc) is 2.42. The first-order valence-corrected chi connectivity index (χ1v) is 5.70. The van der Waals surface area contributed by atoms with Crippen molar-refractivity contribution in [1.82, 2.24) is 0 Å². The van der Waals surface area contributed by atoms with Gasteiger partial charge in [0.15, 0.2) is 0 Å². The standard InChI is InChI=1S/C11H23NO/c1-2-13-11(9-12)10-7-5-3-4-6-8-10/h10-11H,2-9,12H2,1H3. The largest absolute Gasteiger partial charge is 0.377 e. The summed E-state index contributed by atoms with van der Waals surface area (Å²) in [5, 5.41) is 0. The molecule has 1 aliphatic carbocycles. The Morgan fingerprint density at radius 2 is 1.85 bits per heavy atom. The first kappa shape index (κ1) is 11.0. The fraction of sp³-hybridized carbons (Fsp3) is 1.00. The molecule has 0 aromatic carbocycles. The van der Waals surface area contributed by atoms with Crippen LogP contribution in [0.1, 0.15) is 45.4 Å². The molecule has 1 unspecified atom stereocenters. The molecule has 1 saturated carbocycles. The maximum absolute atomic E-state index is 5.72. The Kier molecular flexibility index (Phi) is 5.40.